The maximum atomic E-state index is 11.5. The molecule has 2 fully saturated rings. The monoisotopic (exact) mass is 357 g/mol. The number of anilines is 1. The van der Waals surface area contributed by atoms with Gasteiger partial charge >= 0.3 is 0 Å². The summed E-state index contributed by atoms with van der Waals surface area (Å²) < 4.78 is 11.8. The van der Waals surface area contributed by atoms with Gasteiger partial charge < -0.3 is 19.8 Å². The first-order chi connectivity index (χ1) is 12.5. The molecule has 2 N–H and O–H groups in total. The Kier molecular flexibility index (Phi) is 4.61. The highest BCUT2D eigenvalue weighted by Crippen LogP contribution is 2.33. The van der Waals surface area contributed by atoms with E-state index in [-0.39, 0.29) is 17.9 Å². The Morgan fingerprint density at radius 2 is 2.04 bits per heavy atom. The van der Waals surface area contributed by atoms with E-state index in [0.717, 1.165) is 61.5 Å². The Labute approximate surface area is 153 Å². The van der Waals surface area contributed by atoms with E-state index < -0.39 is 0 Å². The van der Waals surface area contributed by atoms with Gasteiger partial charge in [0.15, 0.2) is 5.58 Å². The first-order valence-corrected chi connectivity index (χ1v) is 9.55. The van der Waals surface area contributed by atoms with Crippen LogP contribution in [0.3, 0.4) is 0 Å². The number of nitrogens with zero attached hydrogens (tertiary/aromatic N) is 2. The molecule has 6 nitrogen and oxygen atoms in total. The van der Waals surface area contributed by atoms with E-state index in [4.69, 9.17) is 19.9 Å². The zero-order chi connectivity index (χ0) is 18.3. The predicted molar refractivity (Wildman–Crippen MR) is 100 cm³/mol. The van der Waals surface area contributed by atoms with Crippen LogP contribution in [0.2, 0.25) is 0 Å². The number of fused-ring (bicyclic) bond motifs is 1. The lowest BCUT2D eigenvalue weighted by molar-refractivity contribution is -0.123. The van der Waals surface area contributed by atoms with Crippen molar-refractivity contribution < 1.29 is 13.9 Å². The normalized spacial score (nSPS) is 24.5. The van der Waals surface area contributed by atoms with Crippen LogP contribution in [0, 0.1) is 25.7 Å². The molecule has 2 atom stereocenters. The molecule has 2 aliphatic heterocycles. The van der Waals surface area contributed by atoms with Crippen molar-refractivity contribution in [1.82, 2.24) is 4.98 Å². The molecule has 2 aromatic rings. The van der Waals surface area contributed by atoms with Crippen molar-refractivity contribution in [3.8, 4) is 0 Å². The molecule has 0 aliphatic carbocycles. The summed E-state index contributed by atoms with van der Waals surface area (Å²) in [6, 6.07) is 4.92. The summed E-state index contributed by atoms with van der Waals surface area (Å²) in [5.41, 5.74) is 9.65. The quantitative estimate of drug-likeness (QED) is 0.910. The third kappa shape index (κ3) is 3.30. The number of carbonyl (C=O) groups is 1. The number of carbonyl (C=O) groups excluding carboxylic acids is 1. The van der Waals surface area contributed by atoms with Gasteiger partial charge in [0.1, 0.15) is 5.52 Å². The van der Waals surface area contributed by atoms with Crippen LogP contribution in [0.25, 0.3) is 11.1 Å². The number of aromatic nitrogens is 1. The third-order valence-electron chi connectivity index (χ3n) is 5.83. The first-order valence-electron chi connectivity index (χ1n) is 9.55. The van der Waals surface area contributed by atoms with Crippen LogP contribution in [0.1, 0.15) is 36.8 Å². The number of rotatable bonds is 4. The number of benzene rings is 1. The van der Waals surface area contributed by atoms with Crippen LogP contribution in [0.15, 0.2) is 16.5 Å². The van der Waals surface area contributed by atoms with Crippen LogP contribution in [0.4, 0.5) is 6.01 Å². The summed E-state index contributed by atoms with van der Waals surface area (Å²) >= 11 is 0. The third-order valence-corrected chi connectivity index (χ3v) is 5.83. The highest BCUT2D eigenvalue weighted by atomic mass is 16.5. The molecular formula is C20H27N3O3. The van der Waals surface area contributed by atoms with Crippen LogP contribution in [-0.4, -0.2) is 36.7 Å². The van der Waals surface area contributed by atoms with Gasteiger partial charge in [0.2, 0.25) is 5.91 Å². The Morgan fingerprint density at radius 1 is 1.27 bits per heavy atom. The summed E-state index contributed by atoms with van der Waals surface area (Å²) in [5.74, 6) is 0.225. The first kappa shape index (κ1) is 17.3. The molecule has 1 aromatic heterocycles. The van der Waals surface area contributed by atoms with Crippen LogP contribution >= 0.6 is 0 Å². The van der Waals surface area contributed by atoms with E-state index in [0.29, 0.717) is 12.5 Å². The fraction of sp³-hybridized carbons (Fsp3) is 0.600. The second kappa shape index (κ2) is 6.91. The molecule has 0 spiro atoms. The van der Waals surface area contributed by atoms with Crippen LogP contribution < -0.4 is 10.6 Å². The zero-order valence-corrected chi connectivity index (χ0v) is 15.5. The van der Waals surface area contributed by atoms with E-state index in [2.05, 4.69) is 30.9 Å². The minimum atomic E-state index is -0.220. The average molecular weight is 357 g/mol. The maximum absolute atomic E-state index is 11.5. The number of nitrogens with two attached hydrogens (primary N) is 1. The molecule has 4 rings (SSSR count). The number of oxazole rings is 1. The predicted octanol–water partition coefficient (Wildman–Crippen LogP) is 2.94. The molecule has 6 heteroatoms. The van der Waals surface area contributed by atoms with Crippen molar-refractivity contribution in [3.05, 3.63) is 23.3 Å². The van der Waals surface area contributed by atoms with E-state index in [1.807, 2.05) is 0 Å². The summed E-state index contributed by atoms with van der Waals surface area (Å²) in [4.78, 5) is 18.5. The van der Waals surface area contributed by atoms with Crippen molar-refractivity contribution in [2.75, 3.05) is 24.6 Å². The number of amides is 1. The second-order valence-electron chi connectivity index (χ2n) is 7.80. The van der Waals surface area contributed by atoms with Crippen molar-refractivity contribution in [2.24, 2.45) is 17.6 Å². The van der Waals surface area contributed by atoms with E-state index >= 15 is 0 Å². The van der Waals surface area contributed by atoms with Gasteiger partial charge in [-0.05, 0) is 62.6 Å². The minimum absolute atomic E-state index is 0.000925. The van der Waals surface area contributed by atoms with E-state index in [1.165, 1.54) is 5.56 Å². The molecule has 0 saturated carbocycles. The summed E-state index contributed by atoms with van der Waals surface area (Å²) in [7, 11) is 0. The van der Waals surface area contributed by atoms with E-state index in [1.54, 1.807) is 0 Å². The molecule has 2 saturated heterocycles. The number of piperidine rings is 1. The lowest BCUT2D eigenvalue weighted by Gasteiger charge is -2.32. The SMILES string of the molecule is Cc1cc(C)c2oc(N3CCC(C[C@H]4OCC[C@H]4C(N)=O)CC3)nc2c1. The fourth-order valence-corrected chi connectivity index (χ4v) is 4.39. The number of aryl methyl sites for hydroxylation is 2. The zero-order valence-electron chi connectivity index (χ0n) is 15.5. The summed E-state index contributed by atoms with van der Waals surface area (Å²) in [6.07, 6.45) is 3.80. The second-order valence-corrected chi connectivity index (χ2v) is 7.80. The largest absolute Gasteiger partial charge is 0.423 e. The van der Waals surface area contributed by atoms with Gasteiger partial charge in [-0.1, -0.05) is 6.07 Å². The maximum Gasteiger partial charge on any atom is 0.298 e. The molecule has 0 unspecified atom stereocenters. The van der Waals surface area contributed by atoms with Gasteiger partial charge in [-0.2, -0.15) is 4.98 Å². The Hall–Kier alpha value is -2.08. The minimum Gasteiger partial charge on any atom is -0.423 e. The van der Waals surface area contributed by atoms with Crippen molar-refractivity contribution >= 4 is 23.0 Å². The van der Waals surface area contributed by atoms with Gasteiger partial charge in [-0.25, -0.2) is 0 Å². The fourth-order valence-electron chi connectivity index (χ4n) is 4.39. The lowest BCUT2D eigenvalue weighted by Crippen LogP contribution is -2.37. The van der Waals surface area contributed by atoms with Crippen molar-refractivity contribution in [1.29, 1.82) is 0 Å². The highest BCUT2D eigenvalue weighted by molar-refractivity contribution is 5.79. The smallest absolute Gasteiger partial charge is 0.298 e. The van der Waals surface area contributed by atoms with Gasteiger partial charge in [0, 0.05) is 19.7 Å². The molecule has 1 amide bonds. The number of hydrogen-bond donors (Lipinski definition) is 1. The topological polar surface area (TPSA) is 81.6 Å². The molecule has 0 radical (unpaired) electrons. The van der Waals surface area contributed by atoms with E-state index in [9.17, 15) is 4.79 Å². The number of hydrogen-bond acceptors (Lipinski definition) is 5. The Balaban J connectivity index is 1.39. The lowest BCUT2D eigenvalue weighted by atomic mass is 9.86. The molecule has 1 aromatic carbocycles. The Bertz CT molecular complexity index is 808. The molecule has 3 heterocycles. The molecule has 2 aliphatic rings. The average Bonchev–Trinajstić information content (AvgIpc) is 3.22. The highest BCUT2D eigenvalue weighted by Gasteiger charge is 2.35. The van der Waals surface area contributed by atoms with Gasteiger partial charge in [-0.3, -0.25) is 4.79 Å². The summed E-state index contributed by atoms with van der Waals surface area (Å²) in [6.45, 7) is 6.63. The standard InChI is InChI=1S/C20H27N3O3/c1-12-9-13(2)18-16(10-12)22-20(26-18)23-6-3-14(4-7-23)11-17-15(19(21)24)5-8-25-17/h9-10,14-15,17H,3-8,11H2,1-2H3,(H2,21,24)/t15-,17-/m1/s1. The van der Waals surface area contributed by atoms with Crippen LogP contribution in [-0.2, 0) is 9.53 Å². The molecule has 0 bridgehead atoms. The Morgan fingerprint density at radius 3 is 2.77 bits per heavy atom. The van der Waals surface area contributed by atoms with Gasteiger partial charge in [0.05, 0.1) is 12.0 Å². The summed E-state index contributed by atoms with van der Waals surface area (Å²) in [5, 5.41) is 0. The van der Waals surface area contributed by atoms with Gasteiger partial charge in [0.25, 0.3) is 6.01 Å². The molecule has 140 valence electrons. The number of primary amides is 1. The van der Waals surface area contributed by atoms with Crippen molar-refractivity contribution in [2.45, 2.75) is 45.6 Å². The number of ether oxygens (including phenoxy) is 1. The van der Waals surface area contributed by atoms with Crippen LogP contribution in [0.5, 0.6) is 0 Å². The van der Waals surface area contributed by atoms with Crippen molar-refractivity contribution in [3.63, 3.8) is 0 Å². The molecule has 26 heavy (non-hydrogen) atoms. The van der Waals surface area contributed by atoms with Gasteiger partial charge in [-0.15, -0.1) is 0 Å². The molecular weight excluding hydrogens is 330 g/mol.